The van der Waals surface area contributed by atoms with E-state index in [0.29, 0.717) is 5.82 Å². The van der Waals surface area contributed by atoms with Gasteiger partial charge in [0, 0.05) is 7.05 Å². The molecule has 1 aromatic heterocycles. The highest BCUT2D eigenvalue weighted by Gasteiger charge is 1.88. The van der Waals surface area contributed by atoms with Crippen molar-refractivity contribution in [3.05, 3.63) is 6.20 Å². The summed E-state index contributed by atoms with van der Waals surface area (Å²) in [4.78, 5) is 3.55. The molecule has 0 aliphatic rings. The van der Waals surface area contributed by atoms with Crippen LogP contribution in [0.3, 0.4) is 0 Å². The average molecular weight is 110 g/mol. The van der Waals surface area contributed by atoms with E-state index in [2.05, 4.69) is 22.0 Å². The highest BCUT2D eigenvalue weighted by molar-refractivity contribution is 5.36. The lowest BCUT2D eigenvalue weighted by Crippen LogP contribution is -1.85. The topological polar surface area (TPSA) is 43.1 Å². The molecule has 0 saturated heterocycles. The van der Waals surface area contributed by atoms with Gasteiger partial charge in [0.1, 0.15) is 0 Å². The summed E-state index contributed by atoms with van der Waals surface area (Å²) < 4.78 is 1.57. The second-order valence-electron chi connectivity index (χ2n) is 1.41. The molecule has 42 valence electrons. The molecule has 0 aliphatic heterocycles. The van der Waals surface area contributed by atoms with Gasteiger partial charge in [0.15, 0.2) is 5.82 Å². The quantitative estimate of drug-likeness (QED) is 0.483. The van der Waals surface area contributed by atoms with E-state index in [-0.39, 0.29) is 0 Å². The van der Waals surface area contributed by atoms with Gasteiger partial charge in [0.25, 0.3) is 0 Å². The average Bonchev–Trinajstić information content (AvgIpc) is 2.14. The zero-order chi connectivity index (χ0) is 5.98. The predicted octanol–water partition coefficient (Wildman–Crippen LogP) is 0.147. The van der Waals surface area contributed by atoms with Gasteiger partial charge in [-0.05, 0) is 6.72 Å². The molecule has 1 aromatic rings. The Morgan fingerprint density at radius 3 is 2.88 bits per heavy atom. The summed E-state index contributed by atoms with van der Waals surface area (Å²) in [7, 11) is 1.78. The van der Waals surface area contributed by atoms with E-state index in [4.69, 9.17) is 0 Å². The van der Waals surface area contributed by atoms with Gasteiger partial charge < -0.3 is 0 Å². The molecule has 8 heavy (non-hydrogen) atoms. The van der Waals surface area contributed by atoms with Crippen LogP contribution in [0.4, 0.5) is 5.82 Å². The standard InChI is InChI=1S/C4H6N4/c1-5-4-3-8(2)7-6-4/h3H,1H2,2H3. The Morgan fingerprint density at radius 2 is 2.62 bits per heavy atom. The van der Waals surface area contributed by atoms with E-state index in [1.165, 1.54) is 0 Å². The summed E-state index contributed by atoms with van der Waals surface area (Å²) in [5.41, 5.74) is 0. The Kier molecular flexibility index (Phi) is 1.07. The van der Waals surface area contributed by atoms with E-state index < -0.39 is 0 Å². The zero-order valence-electron chi connectivity index (χ0n) is 4.57. The molecule has 0 aromatic carbocycles. The van der Waals surface area contributed by atoms with Crippen LogP contribution in [0, 0.1) is 0 Å². The molecule has 0 fully saturated rings. The normalized spacial score (nSPS) is 9.12. The first kappa shape index (κ1) is 4.96. The molecule has 0 saturated carbocycles. The molecular formula is C4H6N4. The molecule has 0 unspecified atom stereocenters. The third kappa shape index (κ3) is 0.726. The van der Waals surface area contributed by atoms with E-state index >= 15 is 0 Å². The van der Waals surface area contributed by atoms with Crippen LogP contribution in [0.5, 0.6) is 0 Å². The molecule has 0 bridgehead atoms. The maximum Gasteiger partial charge on any atom is 0.193 e. The van der Waals surface area contributed by atoms with Gasteiger partial charge in [0.2, 0.25) is 0 Å². The Morgan fingerprint density at radius 1 is 1.88 bits per heavy atom. The van der Waals surface area contributed by atoms with Crippen molar-refractivity contribution in [3.63, 3.8) is 0 Å². The molecule has 4 nitrogen and oxygen atoms in total. The minimum Gasteiger partial charge on any atom is -0.253 e. The lowest BCUT2D eigenvalue weighted by atomic mass is 10.8. The molecule has 0 atom stereocenters. The first-order valence-corrected chi connectivity index (χ1v) is 2.16. The summed E-state index contributed by atoms with van der Waals surface area (Å²) in [6.07, 6.45) is 1.69. The van der Waals surface area contributed by atoms with Crippen molar-refractivity contribution < 1.29 is 0 Å². The summed E-state index contributed by atoms with van der Waals surface area (Å²) in [6.45, 7) is 3.28. The van der Waals surface area contributed by atoms with E-state index in [0.717, 1.165) is 0 Å². The lowest BCUT2D eigenvalue weighted by Gasteiger charge is -1.75. The summed E-state index contributed by atoms with van der Waals surface area (Å²) >= 11 is 0. The van der Waals surface area contributed by atoms with Crippen LogP contribution in [0.25, 0.3) is 0 Å². The van der Waals surface area contributed by atoms with E-state index in [1.807, 2.05) is 0 Å². The lowest BCUT2D eigenvalue weighted by molar-refractivity contribution is 0.715. The van der Waals surface area contributed by atoms with Gasteiger partial charge in [-0.2, -0.15) is 0 Å². The Balaban J connectivity index is 3.00. The molecule has 0 spiro atoms. The first-order chi connectivity index (χ1) is 3.83. The van der Waals surface area contributed by atoms with Crippen molar-refractivity contribution in [2.45, 2.75) is 0 Å². The molecule has 0 N–H and O–H groups in total. The third-order valence-electron chi connectivity index (χ3n) is 0.753. The van der Waals surface area contributed by atoms with Gasteiger partial charge in [-0.15, -0.1) is 5.10 Å². The molecule has 0 amide bonds. The largest absolute Gasteiger partial charge is 0.253 e. The van der Waals surface area contributed by atoms with Crippen LogP contribution in [0.2, 0.25) is 0 Å². The van der Waals surface area contributed by atoms with E-state index in [9.17, 15) is 0 Å². The first-order valence-electron chi connectivity index (χ1n) is 2.16. The van der Waals surface area contributed by atoms with Gasteiger partial charge in [-0.3, -0.25) is 4.68 Å². The van der Waals surface area contributed by atoms with Crippen molar-refractivity contribution in [2.24, 2.45) is 12.0 Å². The SMILES string of the molecule is C=Nc1cn(C)nn1. The Labute approximate surface area is 46.9 Å². The maximum atomic E-state index is 3.62. The molecular weight excluding hydrogens is 104 g/mol. The molecule has 0 aliphatic carbocycles. The van der Waals surface area contributed by atoms with Crippen molar-refractivity contribution >= 4 is 12.5 Å². The van der Waals surface area contributed by atoms with Crippen LogP contribution in [-0.4, -0.2) is 21.7 Å². The van der Waals surface area contributed by atoms with Crippen LogP contribution < -0.4 is 0 Å². The fraction of sp³-hybridized carbons (Fsp3) is 0.250. The molecule has 1 heterocycles. The van der Waals surface area contributed by atoms with Crippen molar-refractivity contribution in [1.82, 2.24) is 15.0 Å². The van der Waals surface area contributed by atoms with Crippen LogP contribution in [0.15, 0.2) is 11.2 Å². The fourth-order valence-electron chi connectivity index (χ4n) is 0.408. The molecule has 0 radical (unpaired) electrons. The number of hydrogen-bond donors (Lipinski definition) is 0. The maximum absolute atomic E-state index is 3.62. The van der Waals surface area contributed by atoms with Crippen LogP contribution >= 0.6 is 0 Å². The van der Waals surface area contributed by atoms with Crippen molar-refractivity contribution in [1.29, 1.82) is 0 Å². The number of hydrogen-bond acceptors (Lipinski definition) is 3. The summed E-state index contributed by atoms with van der Waals surface area (Å²) in [6, 6.07) is 0. The third-order valence-corrected chi connectivity index (χ3v) is 0.753. The Bertz CT molecular complexity index is 190. The Hall–Kier alpha value is -1.19. The van der Waals surface area contributed by atoms with Gasteiger partial charge in [0.05, 0.1) is 6.20 Å². The predicted molar refractivity (Wildman–Crippen MR) is 30.2 cm³/mol. The van der Waals surface area contributed by atoms with Crippen LogP contribution in [-0.2, 0) is 7.05 Å². The van der Waals surface area contributed by atoms with Gasteiger partial charge >= 0.3 is 0 Å². The fourth-order valence-corrected chi connectivity index (χ4v) is 0.408. The monoisotopic (exact) mass is 110 g/mol. The second kappa shape index (κ2) is 1.73. The van der Waals surface area contributed by atoms with Gasteiger partial charge in [-0.25, -0.2) is 4.99 Å². The smallest absolute Gasteiger partial charge is 0.193 e. The summed E-state index contributed by atoms with van der Waals surface area (Å²) in [5, 5.41) is 7.24. The zero-order valence-corrected chi connectivity index (χ0v) is 4.57. The minimum absolute atomic E-state index is 0.563. The number of nitrogens with zero attached hydrogens (tertiary/aromatic N) is 4. The van der Waals surface area contributed by atoms with Crippen molar-refractivity contribution in [2.75, 3.05) is 0 Å². The minimum atomic E-state index is 0.563. The number of rotatable bonds is 1. The van der Waals surface area contributed by atoms with Crippen LogP contribution in [0.1, 0.15) is 0 Å². The molecule has 4 heteroatoms. The number of aliphatic imine (C=N–C) groups is 1. The number of aromatic nitrogens is 3. The highest BCUT2D eigenvalue weighted by atomic mass is 15.4. The summed E-state index contributed by atoms with van der Waals surface area (Å²) in [5.74, 6) is 0.563. The molecule has 1 rings (SSSR count). The van der Waals surface area contributed by atoms with Gasteiger partial charge in [-0.1, -0.05) is 5.21 Å². The second-order valence-corrected chi connectivity index (χ2v) is 1.41. The van der Waals surface area contributed by atoms with E-state index in [1.54, 1.807) is 17.9 Å². The van der Waals surface area contributed by atoms with Crippen molar-refractivity contribution in [3.8, 4) is 0 Å². The highest BCUT2D eigenvalue weighted by Crippen LogP contribution is 1.99. The number of aryl methyl sites for hydroxylation is 1.